The number of benzene rings is 4. The van der Waals surface area contributed by atoms with Crippen LogP contribution in [0.5, 0.6) is 28.7 Å². The fraction of sp³-hybridized carbons (Fsp3) is 0.455. The van der Waals surface area contributed by atoms with Gasteiger partial charge in [-0.05, 0) is 101 Å². The lowest BCUT2D eigenvalue weighted by atomic mass is 9.72. The normalized spacial score (nSPS) is 12.9. The van der Waals surface area contributed by atoms with Crippen molar-refractivity contribution in [3.05, 3.63) is 99.6 Å². The second-order valence-electron chi connectivity index (χ2n) is 17.7. The van der Waals surface area contributed by atoms with Crippen LogP contribution in [0.15, 0.2) is 60.7 Å². The molecule has 0 radical (unpaired) electrons. The van der Waals surface area contributed by atoms with Crippen LogP contribution < -0.4 is 22.8 Å². The second kappa shape index (κ2) is 15.4. The summed E-state index contributed by atoms with van der Waals surface area (Å²) in [6, 6.07) is 20.4. The maximum Gasteiger partial charge on any atom is 0.275 e. The molecule has 0 amide bonds. The summed E-state index contributed by atoms with van der Waals surface area (Å²) in [6.07, 6.45) is 0. The molecular weight excluding hydrogens is 670 g/mol. The highest BCUT2D eigenvalue weighted by Gasteiger charge is 2.35. The molecule has 51 heavy (non-hydrogen) atoms. The molecule has 4 aromatic rings. The number of methoxy groups -OCH3 is 1. The molecule has 2 unspecified atom stereocenters. The van der Waals surface area contributed by atoms with E-state index in [2.05, 4.69) is 128 Å². The number of hydrogen-bond donors (Lipinski definition) is 0. The highest BCUT2D eigenvalue weighted by Crippen LogP contribution is 2.54. The number of aryl methyl sites for hydroxylation is 1. The Bertz CT molecular complexity index is 1820. The second-order valence-corrected chi connectivity index (χ2v) is 18.8. The molecule has 0 bridgehead atoms. The van der Waals surface area contributed by atoms with Gasteiger partial charge in [-0.2, -0.15) is 0 Å². The monoisotopic (exact) mass is 730 g/mol. The quantitative estimate of drug-likeness (QED) is 0.152. The molecule has 0 spiro atoms. The van der Waals surface area contributed by atoms with E-state index in [0.29, 0.717) is 0 Å². The lowest BCUT2D eigenvalue weighted by Gasteiger charge is -2.35. The van der Waals surface area contributed by atoms with Crippen molar-refractivity contribution in [2.45, 2.75) is 126 Å². The van der Waals surface area contributed by atoms with Crippen molar-refractivity contribution in [2.75, 3.05) is 7.11 Å². The van der Waals surface area contributed by atoms with Crippen LogP contribution in [0.2, 0.25) is 0 Å². The van der Waals surface area contributed by atoms with Crippen molar-refractivity contribution in [3.8, 4) is 39.9 Å². The van der Waals surface area contributed by atoms with Gasteiger partial charge in [-0.15, -0.1) is 0 Å². The van der Waals surface area contributed by atoms with E-state index >= 15 is 0 Å². The van der Waals surface area contributed by atoms with Crippen LogP contribution in [0.4, 0.5) is 0 Å². The molecule has 4 aromatic carbocycles. The zero-order chi connectivity index (χ0) is 38.1. The predicted octanol–water partition coefficient (Wildman–Crippen LogP) is 13.4. The first kappa shape index (κ1) is 40.5. The first-order valence-electron chi connectivity index (χ1n) is 17.8. The topological polar surface area (TPSA) is 46.2 Å². The molecule has 0 heterocycles. The third-order valence-corrected chi connectivity index (χ3v) is 10.5. The zero-order valence-electron chi connectivity index (χ0n) is 33.8. The Morgan fingerprint density at radius 3 is 1.04 bits per heavy atom. The van der Waals surface area contributed by atoms with E-state index in [0.717, 1.165) is 51.0 Å². The first-order chi connectivity index (χ1) is 23.5. The van der Waals surface area contributed by atoms with Gasteiger partial charge in [0.2, 0.25) is 0 Å². The Balaban J connectivity index is 2.06. The van der Waals surface area contributed by atoms with E-state index in [1.54, 1.807) is 7.11 Å². The Labute approximate surface area is 312 Å². The van der Waals surface area contributed by atoms with Gasteiger partial charge in [0.1, 0.15) is 28.7 Å². The lowest BCUT2D eigenvalue weighted by molar-refractivity contribution is 0.414. The van der Waals surface area contributed by atoms with E-state index in [4.69, 9.17) is 22.8 Å². The third-order valence-electron chi connectivity index (χ3n) is 9.25. The Morgan fingerprint density at radius 1 is 0.412 bits per heavy atom. The largest absolute Gasteiger partial charge is 0.497 e. The summed E-state index contributed by atoms with van der Waals surface area (Å²) >= 11 is 0. The fourth-order valence-corrected chi connectivity index (χ4v) is 7.61. The van der Waals surface area contributed by atoms with Crippen molar-refractivity contribution in [1.82, 2.24) is 0 Å². The molecule has 0 aromatic heterocycles. The fourth-order valence-electron chi connectivity index (χ4n) is 6.47. The van der Waals surface area contributed by atoms with Gasteiger partial charge in [0.05, 0.1) is 7.11 Å². The smallest absolute Gasteiger partial charge is 0.275 e. The van der Waals surface area contributed by atoms with Crippen LogP contribution in [-0.2, 0) is 21.7 Å². The Morgan fingerprint density at radius 2 is 0.725 bits per heavy atom. The standard InChI is InChI=1S/C44H60O5P2/c1-27-17-19-31(20-18-27)46-50-48-39-35(43(10,11)12)25-33(41(4,5)6)28(2)37(39)38-29(3)34(42(7,8)9)26-36(44(13,14)15)40(38)49-51-47-32-23-21-30(45-16)22-24-32/h17-26,50-51H,1-16H3. The molecular formula is C44H60O5P2. The summed E-state index contributed by atoms with van der Waals surface area (Å²) in [5.74, 6) is 3.93. The van der Waals surface area contributed by atoms with Crippen LogP contribution in [0.3, 0.4) is 0 Å². The zero-order valence-corrected chi connectivity index (χ0v) is 35.8. The summed E-state index contributed by atoms with van der Waals surface area (Å²) in [6.45, 7) is 33.8. The number of rotatable bonds is 10. The minimum Gasteiger partial charge on any atom is -0.497 e. The van der Waals surface area contributed by atoms with Gasteiger partial charge < -0.3 is 22.8 Å². The summed E-state index contributed by atoms with van der Waals surface area (Å²) in [4.78, 5) is 0. The molecule has 0 N–H and O–H groups in total. The van der Waals surface area contributed by atoms with Crippen LogP contribution in [0.1, 0.15) is 122 Å². The minimum atomic E-state index is -0.276. The number of hydrogen-bond acceptors (Lipinski definition) is 5. The minimum absolute atomic E-state index is 0.124. The molecule has 0 aliphatic carbocycles. The van der Waals surface area contributed by atoms with E-state index in [1.165, 1.54) is 27.8 Å². The van der Waals surface area contributed by atoms with Crippen molar-refractivity contribution < 1.29 is 22.8 Å². The molecule has 0 aliphatic heterocycles. The molecule has 2 atom stereocenters. The summed E-state index contributed by atoms with van der Waals surface area (Å²) in [5, 5.41) is 0. The first-order valence-corrected chi connectivity index (χ1v) is 19.4. The Kier molecular flexibility index (Phi) is 12.2. The average Bonchev–Trinajstić information content (AvgIpc) is 3.00. The highest BCUT2D eigenvalue weighted by molar-refractivity contribution is 7.27. The molecule has 0 saturated heterocycles. The molecule has 0 aliphatic rings. The molecule has 0 saturated carbocycles. The van der Waals surface area contributed by atoms with Gasteiger partial charge >= 0.3 is 0 Å². The summed E-state index contributed by atoms with van der Waals surface area (Å²) in [5.41, 5.74) is 9.71. The molecule has 7 heteroatoms. The highest BCUT2D eigenvalue weighted by atomic mass is 31.1. The van der Waals surface area contributed by atoms with Crippen LogP contribution in [-0.4, -0.2) is 7.11 Å². The van der Waals surface area contributed by atoms with E-state index < -0.39 is 0 Å². The third kappa shape index (κ3) is 9.60. The van der Waals surface area contributed by atoms with E-state index in [-0.39, 0.29) is 39.7 Å². The van der Waals surface area contributed by atoms with Crippen molar-refractivity contribution in [3.63, 3.8) is 0 Å². The maximum atomic E-state index is 6.90. The van der Waals surface area contributed by atoms with Crippen molar-refractivity contribution in [1.29, 1.82) is 0 Å². The number of ether oxygens (including phenoxy) is 1. The molecule has 276 valence electrons. The average molecular weight is 731 g/mol. The SMILES string of the molecule is COc1ccc(OPOc2c(C(C)(C)C)cc(C(C)(C)C)c(C)c2-c2c(C)c(C(C)(C)C)cc(C(C)(C)C)c2OPOc2ccc(C)cc2)cc1. The van der Waals surface area contributed by atoms with Gasteiger partial charge in [0.15, 0.2) is 0 Å². The van der Waals surface area contributed by atoms with Crippen LogP contribution >= 0.6 is 18.1 Å². The van der Waals surface area contributed by atoms with Gasteiger partial charge in [-0.1, -0.05) is 113 Å². The predicted molar refractivity (Wildman–Crippen MR) is 219 cm³/mol. The van der Waals surface area contributed by atoms with Crippen LogP contribution in [0, 0.1) is 20.8 Å². The summed E-state index contributed by atoms with van der Waals surface area (Å²) < 4.78 is 31.6. The molecule has 0 fully saturated rings. The van der Waals surface area contributed by atoms with Gasteiger partial charge in [0.25, 0.3) is 18.1 Å². The lowest BCUT2D eigenvalue weighted by Crippen LogP contribution is -2.22. The molecule has 5 nitrogen and oxygen atoms in total. The summed E-state index contributed by atoms with van der Waals surface area (Å²) in [7, 11) is 1.14. The van der Waals surface area contributed by atoms with E-state index in [1.807, 2.05) is 36.4 Å². The van der Waals surface area contributed by atoms with Gasteiger partial charge in [-0.3, -0.25) is 0 Å². The Hall–Kier alpha value is -3.26. The van der Waals surface area contributed by atoms with E-state index in [9.17, 15) is 0 Å². The molecule has 4 rings (SSSR count). The van der Waals surface area contributed by atoms with Gasteiger partial charge in [0, 0.05) is 22.3 Å². The van der Waals surface area contributed by atoms with Crippen molar-refractivity contribution >= 4 is 18.1 Å². The van der Waals surface area contributed by atoms with Gasteiger partial charge in [-0.25, -0.2) is 0 Å². The van der Waals surface area contributed by atoms with Crippen molar-refractivity contribution in [2.24, 2.45) is 0 Å². The maximum absolute atomic E-state index is 6.90. The van der Waals surface area contributed by atoms with Crippen LogP contribution in [0.25, 0.3) is 11.1 Å².